The van der Waals surface area contributed by atoms with Gasteiger partial charge >= 0.3 is 12.1 Å². The number of thiophene rings is 1. The van der Waals surface area contributed by atoms with Gasteiger partial charge in [0, 0.05) is 16.5 Å². The van der Waals surface area contributed by atoms with Crippen LogP contribution in [0.2, 0.25) is 0 Å². The Morgan fingerprint density at radius 3 is 2.19 bits per heavy atom. The Morgan fingerprint density at radius 1 is 1.00 bits per heavy atom. The van der Waals surface area contributed by atoms with Crippen molar-refractivity contribution in [1.82, 2.24) is 0 Å². The fourth-order valence-electron chi connectivity index (χ4n) is 2.97. The van der Waals surface area contributed by atoms with E-state index in [9.17, 15) is 22.8 Å². The van der Waals surface area contributed by atoms with Crippen LogP contribution in [0, 0.1) is 0 Å². The quantitative estimate of drug-likeness (QED) is 0.443. The molecule has 0 fully saturated rings. The summed E-state index contributed by atoms with van der Waals surface area (Å²) in [6.07, 6.45) is -3.61. The van der Waals surface area contributed by atoms with E-state index in [4.69, 9.17) is 4.74 Å². The first-order valence-corrected chi connectivity index (χ1v) is 10.5. The monoisotopic (exact) mass is 447 g/mol. The van der Waals surface area contributed by atoms with Gasteiger partial charge in [0.2, 0.25) is 0 Å². The fraction of sp³-hybridized carbons (Fsp3) is 0.217. The number of carbonyl (C=O) groups excluding carboxylic acids is 2. The van der Waals surface area contributed by atoms with Gasteiger partial charge in [-0.15, -0.1) is 11.3 Å². The van der Waals surface area contributed by atoms with Gasteiger partial charge in [-0.2, -0.15) is 13.2 Å². The molecule has 0 spiro atoms. The molecule has 0 atom stereocenters. The molecule has 1 heterocycles. The summed E-state index contributed by atoms with van der Waals surface area (Å²) in [5.41, 5.74) is 1.99. The maximum atomic E-state index is 12.7. The highest BCUT2D eigenvalue weighted by atomic mass is 32.1. The minimum absolute atomic E-state index is 0.0463. The van der Waals surface area contributed by atoms with Crippen molar-refractivity contribution >= 4 is 28.2 Å². The van der Waals surface area contributed by atoms with Crippen molar-refractivity contribution in [2.24, 2.45) is 0 Å². The van der Waals surface area contributed by atoms with Gasteiger partial charge in [0.1, 0.15) is 10.6 Å². The molecule has 3 aromatic rings. The average molecular weight is 447 g/mol. The zero-order chi connectivity index (χ0) is 22.6. The number of anilines is 1. The van der Waals surface area contributed by atoms with E-state index < -0.39 is 23.6 Å². The van der Waals surface area contributed by atoms with Crippen molar-refractivity contribution in [3.63, 3.8) is 0 Å². The molecule has 0 aliphatic carbocycles. The Balaban J connectivity index is 1.92. The van der Waals surface area contributed by atoms with E-state index in [0.29, 0.717) is 5.56 Å². The van der Waals surface area contributed by atoms with Crippen LogP contribution >= 0.6 is 11.3 Å². The first-order chi connectivity index (χ1) is 14.7. The highest BCUT2D eigenvalue weighted by Crippen LogP contribution is 2.37. The van der Waals surface area contributed by atoms with Crippen molar-refractivity contribution in [3.8, 4) is 11.1 Å². The Morgan fingerprint density at radius 2 is 1.65 bits per heavy atom. The Labute approximate surface area is 181 Å². The molecule has 2 aromatic carbocycles. The second-order valence-electron chi connectivity index (χ2n) is 6.65. The van der Waals surface area contributed by atoms with E-state index in [1.807, 2.05) is 31.2 Å². The summed E-state index contributed by atoms with van der Waals surface area (Å²) in [6, 6.07) is 11.6. The third-order valence-electron chi connectivity index (χ3n) is 4.65. The highest BCUT2D eigenvalue weighted by molar-refractivity contribution is 7.15. The third-order valence-corrected chi connectivity index (χ3v) is 5.54. The number of ether oxygens (including phenoxy) is 1. The lowest BCUT2D eigenvalue weighted by atomic mass is 10.0. The van der Waals surface area contributed by atoms with Crippen LogP contribution < -0.4 is 5.32 Å². The Kier molecular flexibility index (Phi) is 6.80. The number of aryl methyl sites for hydroxylation is 1. The van der Waals surface area contributed by atoms with Gasteiger partial charge in [-0.1, -0.05) is 31.2 Å². The molecule has 0 radical (unpaired) electrons. The van der Waals surface area contributed by atoms with Crippen molar-refractivity contribution in [3.05, 3.63) is 76.2 Å². The van der Waals surface area contributed by atoms with Gasteiger partial charge in [0.15, 0.2) is 0 Å². The third kappa shape index (κ3) is 5.14. The van der Waals surface area contributed by atoms with Crippen LogP contribution in [-0.2, 0) is 17.3 Å². The maximum Gasteiger partial charge on any atom is 0.416 e. The normalized spacial score (nSPS) is 11.3. The molecule has 0 aliphatic rings. The number of rotatable bonds is 6. The Bertz CT molecular complexity index is 1070. The summed E-state index contributed by atoms with van der Waals surface area (Å²) in [6.45, 7) is 3.88. The smallest absolute Gasteiger partial charge is 0.416 e. The number of hydrogen-bond donors (Lipinski definition) is 1. The number of alkyl halides is 3. The summed E-state index contributed by atoms with van der Waals surface area (Å²) in [5, 5.41) is 4.66. The SMILES string of the molecule is CCOC(=O)c1c(-c2ccc(CC)cc2)csc1NC(=O)c1ccc(C(F)(F)F)cc1. The number of nitrogens with one attached hydrogen (secondary N) is 1. The molecule has 162 valence electrons. The zero-order valence-corrected chi connectivity index (χ0v) is 17.7. The average Bonchev–Trinajstić information content (AvgIpc) is 3.17. The molecule has 0 unspecified atom stereocenters. The molecule has 0 aliphatic heterocycles. The van der Waals surface area contributed by atoms with E-state index in [1.54, 1.807) is 12.3 Å². The van der Waals surface area contributed by atoms with Gasteiger partial charge in [-0.25, -0.2) is 4.79 Å². The number of hydrogen-bond acceptors (Lipinski definition) is 4. The highest BCUT2D eigenvalue weighted by Gasteiger charge is 2.30. The van der Waals surface area contributed by atoms with Crippen molar-refractivity contribution < 1.29 is 27.5 Å². The lowest BCUT2D eigenvalue weighted by molar-refractivity contribution is -0.137. The van der Waals surface area contributed by atoms with Gasteiger partial charge in [-0.3, -0.25) is 4.79 Å². The predicted octanol–water partition coefficient (Wildman–Crippen LogP) is 6.43. The maximum absolute atomic E-state index is 12.7. The minimum Gasteiger partial charge on any atom is -0.462 e. The van der Waals surface area contributed by atoms with E-state index in [-0.39, 0.29) is 22.7 Å². The van der Waals surface area contributed by atoms with Crippen molar-refractivity contribution in [2.45, 2.75) is 26.4 Å². The molecule has 31 heavy (non-hydrogen) atoms. The van der Waals surface area contributed by atoms with Gasteiger partial charge in [-0.05, 0) is 48.7 Å². The van der Waals surface area contributed by atoms with Gasteiger partial charge in [0.25, 0.3) is 5.91 Å². The van der Waals surface area contributed by atoms with Crippen molar-refractivity contribution in [1.29, 1.82) is 0 Å². The number of esters is 1. The number of halogens is 3. The van der Waals surface area contributed by atoms with Gasteiger partial charge in [0.05, 0.1) is 12.2 Å². The topological polar surface area (TPSA) is 55.4 Å². The van der Waals surface area contributed by atoms with Crippen LogP contribution in [-0.4, -0.2) is 18.5 Å². The minimum atomic E-state index is -4.48. The standard InChI is InChI=1S/C23H20F3NO3S/c1-3-14-5-7-15(8-6-14)18-13-31-21(19(18)22(29)30-4-2)27-20(28)16-9-11-17(12-10-16)23(24,25)26/h5-13H,3-4H2,1-2H3,(H,27,28). The van der Waals surface area contributed by atoms with Gasteiger partial charge < -0.3 is 10.1 Å². The number of amides is 1. The molecule has 3 rings (SSSR count). The van der Waals surface area contributed by atoms with Crippen LogP contribution in [0.1, 0.15) is 45.7 Å². The van der Waals surface area contributed by atoms with Crippen LogP contribution in [0.5, 0.6) is 0 Å². The second kappa shape index (κ2) is 9.34. The van der Waals surface area contributed by atoms with Crippen LogP contribution in [0.4, 0.5) is 18.2 Å². The van der Waals surface area contributed by atoms with E-state index in [2.05, 4.69) is 5.32 Å². The molecular weight excluding hydrogens is 427 g/mol. The van der Waals surface area contributed by atoms with E-state index >= 15 is 0 Å². The molecule has 0 bridgehead atoms. The Hall–Kier alpha value is -3.13. The summed E-state index contributed by atoms with van der Waals surface area (Å²) in [5.74, 6) is -1.20. The van der Waals surface area contributed by atoms with Crippen LogP contribution in [0.15, 0.2) is 53.9 Å². The molecule has 1 amide bonds. The summed E-state index contributed by atoms with van der Waals surface area (Å²) < 4.78 is 43.4. The molecule has 1 aromatic heterocycles. The number of carbonyl (C=O) groups is 2. The molecule has 4 nitrogen and oxygen atoms in total. The van der Waals surface area contributed by atoms with Crippen LogP contribution in [0.25, 0.3) is 11.1 Å². The summed E-state index contributed by atoms with van der Waals surface area (Å²) >= 11 is 1.15. The summed E-state index contributed by atoms with van der Waals surface area (Å²) in [4.78, 5) is 25.2. The lowest BCUT2D eigenvalue weighted by Crippen LogP contribution is -2.15. The molecule has 1 N–H and O–H groups in total. The van der Waals surface area contributed by atoms with E-state index in [1.165, 1.54) is 0 Å². The zero-order valence-electron chi connectivity index (χ0n) is 16.9. The fourth-order valence-corrected chi connectivity index (χ4v) is 3.93. The van der Waals surface area contributed by atoms with Crippen molar-refractivity contribution in [2.75, 3.05) is 11.9 Å². The predicted molar refractivity (Wildman–Crippen MR) is 114 cm³/mol. The first-order valence-electron chi connectivity index (χ1n) is 9.61. The largest absolute Gasteiger partial charge is 0.462 e. The molecule has 8 heteroatoms. The summed E-state index contributed by atoms with van der Waals surface area (Å²) in [7, 11) is 0. The lowest BCUT2D eigenvalue weighted by Gasteiger charge is -2.10. The van der Waals surface area contributed by atoms with Crippen LogP contribution in [0.3, 0.4) is 0 Å². The second-order valence-corrected chi connectivity index (χ2v) is 7.53. The molecular formula is C23H20F3NO3S. The molecule has 0 saturated carbocycles. The number of benzene rings is 2. The molecule has 0 saturated heterocycles. The van der Waals surface area contributed by atoms with E-state index in [0.717, 1.165) is 53.1 Å². The first kappa shape index (κ1) is 22.6.